The van der Waals surface area contributed by atoms with Gasteiger partial charge in [0.15, 0.2) is 0 Å². The van der Waals surface area contributed by atoms with Gasteiger partial charge >= 0.3 is 0 Å². The number of nitrogens with zero attached hydrogens (tertiary/aromatic N) is 1. The van der Waals surface area contributed by atoms with E-state index in [1.54, 1.807) is 0 Å². The third kappa shape index (κ3) is 3.48. The molecule has 1 aliphatic heterocycles. The zero-order valence-electron chi connectivity index (χ0n) is 15.1. The lowest BCUT2D eigenvalue weighted by molar-refractivity contribution is 0.0878. The second-order valence-electron chi connectivity index (χ2n) is 7.80. The van der Waals surface area contributed by atoms with Gasteiger partial charge in [0.25, 0.3) is 0 Å². The highest BCUT2D eigenvalue weighted by Crippen LogP contribution is 2.43. The fourth-order valence-corrected chi connectivity index (χ4v) is 3.52. The minimum Gasteiger partial charge on any atom is -0.398 e. The van der Waals surface area contributed by atoms with Crippen LogP contribution in [0.25, 0.3) is 0 Å². The molecule has 4 nitrogen and oxygen atoms in total. The van der Waals surface area contributed by atoms with E-state index in [2.05, 4.69) is 51.7 Å². The molecule has 0 amide bonds. The van der Waals surface area contributed by atoms with Crippen molar-refractivity contribution < 1.29 is 10.2 Å². The van der Waals surface area contributed by atoms with E-state index in [1.807, 2.05) is 0 Å². The van der Waals surface area contributed by atoms with Crippen molar-refractivity contribution in [3.8, 4) is 0 Å². The molecule has 0 aromatic heterocycles. The van der Waals surface area contributed by atoms with Crippen molar-refractivity contribution in [3.05, 3.63) is 23.3 Å². The average molecular weight is 320 g/mol. The number of aliphatic hydroxyl groups excluding tert-OH is 2. The molecule has 4 N–H and O–H groups in total. The molecule has 1 aromatic carbocycles. The summed E-state index contributed by atoms with van der Waals surface area (Å²) >= 11 is 0. The summed E-state index contributed by atoms with van der Waals surface area (Å²) in [4.78, 5) is 2.39. The maximum absolute atomic E-state index is 9.76. The third-order valence-electron chi connectivity index (χ3n) is 5.52. The van der Waals surface area contributed by atoms with Crippen LogP contribution in [0.4, 0.5) is 11.4 Å². The monoisotopic (exact) mass is 320 g/mol. The Labute approximate surface area is 140 Å². The Bertz CT molecular complexity index is 555. The highest BCUT2D eigenvalue weighted by Gasteiger charge is 2.38. The molecule has 1 aliphatic rings. The molecule has 23 heavy (non-hydrogen) atoms. The standard InChI is InChI=1S/C19H32N2O2/c1-12(2)16-10-18-14(9-17(16)20)8-13(3)19(4,5)21(18)7-6-15(23)11-22/h9-10,12-13,15,22-23H,6-8,11,20H2,1-5H3. The van der Waals surface area contributed by atoms with E-state index in [0.29, 0.717) is 18.3 Å². The van der Waals surface area contributed by atoms with E-state index in [1.165, 1.54) is 16.8 Å². The van der Waals surface area contributed by atoms with Crippen LogP contribution in [0.5, 0.6) is 0 Å². The maximum atomic E-state index is 9.76. The van der Waals surface area contributed by atoms with Gasteiger partial charge < -0.3 is 20.8 Å². The van der Waals surface area contributed by atoms with Crippen LogP contribution in [-0.2, 0) is 6.42 Å². The summed E-state index contributed by atoms with van der Waals surface area (Å²) < 4.78 is 0. The summed E-state index contributed by atoms with van der Waals surface area (Å²) in [6, 6.07) is 4.36. The molecule has 1 heterocycles. The molecule has 2 rings (SSSR count). The second kappa shape index (κ2) is 6.70. The predicted molar refractivity (Wildman–Crippen MR) is 96.9 cm³/mol. The first-order chi connectivity index (χ1) is 10.7. The molecule has 2 atom stereocenters. The maximum Gasteiger partial charge on any atom is 0.0787 e. The zero-order valence-corrected chi connectivity index (χ0v) is 15.1. The molecule has 2 unspecified atom stereocenters. The summed E-state index contributed by atoms with van der Waals surface area (Å²) in [5, 5.41) is 18.9. The van der Waals surface area contributed by atoms with E-state index in [0.717, 1.165) is 18.7 Å². The molecule has 0 spiro atoms. The number of rotatable bonds is 5. The molecule has 4 heteroatoms. The summed E-state index contributed by atoms with van der Waals surface area (Å²) in [5.74, 6) is 0.873. The van der Waals surface area contributed by atoms with Gasteiger partial charge in [-0.05, 0) is 61.8 Å². The second-order valence-corrected chi connectivity index (χ2v) is 7.80. The first-order valence-corrected chi connectivity index (χ1v) is 8.67. The molecule has 0 bridgehead atoms. The fourth-order valence-electron chi connectivity index (χ4n) is 3.52. The highest BCUT2D eigenvalue weighted by molar-refractivity contribution is 5.67. The predicted octanol–water partition coefficient (Wildman–Crippen LogP) is 2.91. The molecular weight excluding hydrogens is 288 g/mol. The highest BCUT2D eigenvalue weighted by atomic mass is 16.3. The van der Waals surface area contributed by atoms with Crippen molar-refractivity contribution in [1.29, 1.82) is 0 Å². The topological polar surface area (TPSA) is 69.7 Å². The molecule has 1 aromatic rings. The van der Waals surface area contributed by atoms with E-state index < -0.39 is 6.10 Å². The van der Waals surface area contributed by atoms with Crippen LogP contribution >= 0.6 is 0 Å². The van der Waals surface area contributed by atoms with Gasteiger partial charge in [-0.25, -0.2) is 0 Å². The van der Waals surface area contributed by atoms with Crippen LogP contribution < -0.4 is 10.6 Å². The van der Waals surface area contributed by atoms with Crippen LogP contribution in [-0.4, -0.2) is 35.0 Å². The largest absolute Gasteiger partial charge is 0.398 e. The molecule has 0 fully saturated rings. The van der Waals surface area contributed by atoms with E-state index >= 15 is 0 Å². The Morgan fingerprint density at radius 2 is 2.00 bits per heavy atom. The first kappa shape index (κ1) is 18.1. The Morgan fingerprint density at radius 1 is 1.35 bits per heavy atom. The minimum atomic E-state index is -0.662. The van der Waals surface area contributed by atoms with Gasteiger partial charge in [0, 0.05) is 23.5 Å². The Kier molecular flexibility index (Phi) is 5.27. The normalized spacial score (nSPS) is 21.4. The van der Waals surface area contributed by atoms with E-state index in [9.17, 15) is 5.11 Å². The molecule has 0 aliphatic carbocycles. The van der Waals surface area contributed by atoms with Gasteiger partial charge in [-0.1, -0.05) is 20.8 Å². The SMILES string of the molecule is CC(C)c1cc2c(cc1N)CC(C)C(C)(C)N2CCC(O)CO. The van der Waals surface area contributed by atoms with Gasteiger partial charge in [0.05, 0.1) is 12.7 Å². The first-order valence-electron chi connectivity index (χ1n) is 8.67. The van der Waals surface area contributed by atoms with Crippen molar-refractivity contribution in [1.82, 2.24) is 0 Å². The van der Waals surface area contributed by atoms with Crippen LogP contribution in [0.1, 0.15) is 58.1 Å². The summed E-state index contributed by atoms with van der Waals surface area (Å²) in [6.07, 6.45) is 0.919. The van der Waals surface area contributed by atoms with Crippen LogP contribution in [0.15, 0.2) is 12.1 Å². The van der Waals surface area contributed by atoms with Gasteiger partial charge in [0.2, 0.25) is 0 Å². The van der Waals surface area contributed by atoms with E-state index in [4.69, 9.17) is 10.8 Å². The summed E-state index contributed by atoms with van der Waals surface area (Å²) in [7, 11) is 0. The Hall–Kier alpha value is -1.26. The number of aliphatic hydroxyl groups is 2. The Morgan fingerprint density at radius 3 is 2.57 bits per heavy atom. The van der Waals surface area contributed by atoms with E-state index in [-0.39, 0.29) is 12.1 Å². The quantitative estimate of drug-likeness (QED) is 0.730. The lowest BCUT2D eigenvalue weighted by atomic mass is 9.77. The van der Waals surface area contributed by atoms with Crippen molar-refractivity contribution >= 4 is 11.4 Å². The van der Waals surface area contributed by atoms with Gasteiger partial charge in [-0.3, -0.25) is 0 Å². The third-order valence-corrected chi connectivity index (χ3v) is 5.52. The molecule has 0 radical (unpaired) electrons. The number of hydrogen-bond donors (Lipinski definition) is 3. The van der Waals surface area contributed by atoms with Crippen molar-refractivity contribution in [2.24, 2.45) is 5.92 Å². The average Bonchev–Trinajstić information content (AvgIpc) is 2.47. The smallest absolute Gasteiger partial charge is 0.0787 e. The van der Waals surface area contributed by atoms with Crippen molar-refractivity contribution in [3.63, 3.8) is 0 Å². The fraction of sp³-hybridized carbons (Fsp3) is 0.684. The van der Waals surface area contributed by atoms with Crippen molar-refractivity contribution in [2.75, 3.05) is 23.8 Å². The number of nitrogen functional groups attached to an aromatic ring is 1. The number of fused-ring (bicyclic) bond motifs is 1. The lowest BCUT2D eigenvalue weighted by Crippen LogP contribution is -2.53. The van der Waals surface area contributed by atoms with Crippen LogP contribution in [0, 0.1) is 5.92 Å². The van der Waals surface area contributed by atoms with Crippen molar-refractivity contribution in [2.45, 2.75) is 65.0 Å². The molecular formula is C19H32N2O2. The molecule has 0 saturated carbocycles. The minimum absolute atomic E-state index is 0.00649. The lowest BCUT2D eigenvalue weighted by Gasteiger charge is -2.50. The molecule has 0 saturated heterocycles. The number of benzene rings is 1. The summed E-state index contributed by atoms with van der Waals surface area (Å²) in [6.45, 7) is 11.7. The number of nitrogens with two attached hydrogens (primary N) is 1. The number of hydrogen-bond acceptors (Lipinski definition) is 4. The van der Waals surface area contributed by atoms with Crippen LogP contribution in [0.3, 0.4) is 0 Å². The molecule has 130 valence electrons. The Balaban J connectivity index is 2.44. The van der Waals surface area contributed by atoms with Crippen LogP contribution in [0.2, 0.25) is 0 Å². The number of anilines is 2. The van der Waals surface area contributed by atoms with Gasteiger partial charge in [-0.15, -0.1) is 0 Å². The van der Waals surface area contributed by atoms with Gasteiger partial charge in [0.1, 0.15) is 0 Å². The zero-order chi connectivity index (χ0) is 17.4. The summed E-state index contributed by atoms with van der Waals surface area (Å²) in [5.41, 5.74) is 10.8. The van der Waals surface area contributed by atoms with Gasteiger partial charge in [-0.2, -0.15) is 0 Å².